The van der Waals surface area contributed by atoms with E-state index in [0.717, 1.165) is 17.0 Å². The molecule has 0 amide bonds. The summed E-state index contributed by atoms with van der Waals surface area (Å²) in [6, 6.07) is 0. The van der Waals surface area contributed by atoms with Gasteiger partial charge in [0.25, 0.3) is 0 Å². The molecule has 0 radical (unpaired) electrons. The minimum absolute atomic E-state index is 0.270. The Labute approximate surface area is 69.1 Å². The lowest BCUT2D eigenvalue weighted by molar-refractivity contribution is 1.15. The van der Waals surface area contributed by atoms with Gasteiger partial charge in [-0.2, -0.15) is 4.98 Å². The summed E-state index contributed by atoms with van der Waals surface area (Å²) in [5, 5.41) is 0. The fourth-order valence-electron chi connectivity index (χ4n) is 1.17. The van der Waals surface area contributed by atoms with E-state index < -0.39 is 0 Å². The molecule has 0 bridgehead atoms. The third-order valence-corrected chi connectivity index (χ3v) is 1.67. The summed E-state index contributed by atoms with van der Waals surface area (Å²) in [7, 11) is 0. The molecule has 0 atom stereocenters. The number of nitrogens with two attached hydrogens (primary N) is 1. The van der Waals surface area contributed by atoms with Crippen molar-refractivity contribution < 1.29 is 0 Å². The maximum atomic E-state index is 5.46. The highest BCUT2D eigenvalue weighted by atomic mass is 15.1. The molecule has 0 aromatic carbocycles. The zero-order chi connectivity index (χ0) is 8.72. The Morgan fingerprint density at radius 2 is 1.92 bits per heavy atom. The summed E-state index contributed by atoms with van der Waals surface area (Å²) >= 11 is 0. The summed E-state index contributed by atoms with van der Waals surface area (Å²) in [4.78, 5) is 15.2. The highest BCUT2D eigenvalue weighted by Gasteiger charge is 2.05. The van der Waals surface area contributed by atoms with Crippen LogP contribution in [0.15, 0.2) is 0 Å². The van der Waals surface area contributed by atoms with Gasteiger partial charge >= 0.3 is 0 Å². The van der Waals surface area contributed by atoms with Crippen molar-refractivity contribution in [3.05, 3.63) is 11.5 Å². The first-order valence-corrected chi connectivity index (χ1v) is 3.63. The first-order valence-electron chi connectivity index (χ1n) is 3.63. The molecule has 12 heavy (non-hydrogen) atoms. The average molecular weight is 163 g/mol. The third kappa shape index (κ3) is 0.903. The molecule has 62 valence electrons. The summed E-state index contributed by atoms with van der Waals surface area (Å²) < 4.78 is 0. The van der Waals surface area contributed by atoms with Crippen molar-refractivity contribution in [2.45, 2.75) is 13.8 Å². The monoisotopic (exact) mass is 163 g/mol. The van der Waals surface area contributed by atoms with Crippen LogP contribution in [-0.2, 0) is 0 Å². The number of rotatable bonds is 0. The number of nitrogen functional groups attached to an aromatic ring is 1. The van der Waals surface area contributed by atoms with Gasteiger partial charge in [-0.3, -0.25) is 0 Å². The Kier molecular flexibility index (Phi) is 1.27. The molecular formula is C7H9N5. The molecule has 0 saturated heterocycles. The number of aromatic amines is 1. The lowest BCUT2D eigenvalue weighted by atomic mass is 10.4. The predicted molar refractivity (Wildman–Crippen MR) is 45.6 cm³/mol. The number of nitrogens with one attached hydrogen (secondary N) is 1. The molecule has 3 N–H and O–H groups in total. The van der Waals surface area contributed by atoms with Crippen LogP contribution < -0.4 is 5.73 Å². The number of hydrogen-bond donors (Lipinski definition) is 2. The lowest BCUT2D eigenvalue weighted by Gasteiger charge is -1.94. The van der Waals surface area contributed by atoms with E-state index in [1.165, 1.54) is 0 Å². The minimum Gasteiger partial charge on any atom is -0.368 e. The second kappa shape index (κ2) is 2.17. The van der Waals surface area contributed by atoms with Gasteiger partial charge in [-0.15, -0.1) is 0 Å². The fraction of sp³-hybridized carbons (Fsp3) is 0.286. The van der Waals surface area contributed by atoms with Gasteiger partial charge in [-0.25, -0.2) is 9.97 Å². The highest BCUT2D eigenvalue weighted by molar-refractivity contribution is 5.74. The SMILES string of the molecule is Cc1nc2nc(N)nc(C)c2[nH]1. The quantitative estimate of drug-likeness (QED) is 0.594. The number of nitrogens with zero attached hydrogens (tertiary/aromatic N) is 3. The molecule has 2 heterocycles. The van der Waals surface area contributed by atoms with E-state index in [2.05, 4.69) is 19.9 Å². The van der Waals surface area contributed by atoms with Crippen LogP contribution in [0.2, 0.25) is 0 Å². The molecule has 0 unspecified atom stereocenters. The van der Waals surface area contributed by atoms with E-state index in [9.17, 15) is 0 Å². The molecule has 0 fully saturated rings. The first kappa shape index (κ1) is 7.02. The topological polar surface area (TPSA) is 80.5 Å². The van der Waals surface area contributed by atoms with Crippen LogP contribution in [0.1, 0.15) is 11.5 Å². The predicted octanol–water partition coefficient (Wildman–Crippen LogP) is 0.552. The van der Waals surface area contributed by atoms with Gasteiger partial charge in [0.1, 0.15) is 11.3 Å². The van der Waals surface area contributed by atoms with Gasteiger partial charge in [0.15, 0.2) is 5.65 Å². The number of H-pyrrole nitrogens is 1. The number of imidazole rings is 1. The van der Waals surface area contributed by atoms with Crippen LogP contribution in [0, 0.1) is 13.8 Å². The Hall–Kier alpha value is -1.65. The molecule has 2 aromatic rings. The van der Waals surface area contributed by atoms with E-state index in [1.807, 2.05) is 13.8 Å². The summed E-state index contributed by atoms with van der Waals surface area (Å²) in [6.07, 6.45) is 0. The van der Waals surface area contributed by atoms with E-state index in [4.69, 9.17) is 5.73 Å². The van der Waals surface area contributed by atoms with Crippen molar-refractivity contribution in [2.75, 3.05) is 5.73 Å². The molecule has 5 nitrogen and oxygen atoms in total. The Morgan fingerprint density at radius 3 is 2.67 bits per heavy atom. The van der Waals surface area contributed by atoms with Gasteiger partial charge in [0.05, 0.1) is 5.69 Å². The Morgan fingerprint density at radius 1 is 1.17 bits per heavy atom. The standard InChI is InChI=1S/C7H9N5/c1-3-5-6(11-4(2)10-5)12-7(8)9-3/h1-2H3,(H3,8,9,10,11,12). The minimum atomic E-state index is 0.270. The van der Waals surface area contributed by atoms with Gasteiger partial charge in [-0.1, -0.05) is 0 Å². The molecule has 0 saturated carbocycles. The zero-order valence-corrected chi connectivity index (χ0v) is 6.92. The van der Waals surface area contributed by atoms with Crippen LogP contribution in [0.3, 0.4) is 0 Å². The van der Waals surface area contributed by atoms with E-state index in [0.29, 0.717) is 5.65 Å². The molecule has 0 aliphatic heterocycles. The lowest BCUT2D eigenvalue weighted by Crippen LogP contribution is -1.96. The molecule has 0 spiro atoms. The maximum absolute atomic E-state index is 5.46. The van der Waals surface area contributed by atoms with Crippen LogP contribution in [0.5, 0.6) is 0 Å². The normalized spacial score (nSPS) is 10.8. The second-order valence-corrected chi connectivity index (χ2v) is 2.69. The average Bonchev–Trinajstić information content (AvgIpc) is 2.29. The molecule has 0 aliphatic rings. The second-order valence-electron chi connectivity index (χ2n) is 2.69. The van der Waals surface area contributed by atoms with Crippen molar-refractivity contribution in [1.82, 2.24) is 19.9 Å². The summed E-state index contributed by atoms with van der Waals surface area (Å²) in [5.41, 5.74) is 7.79. The van der Waals surface area contributed by atoms with Crippen molar-refractivity contribution in [1.29, 1.82) is 0 Å². The highest BCUT2D eigenvalue weighted by Crippen LogP contribution is 2.12. The number of aryl methyl sites for hydroxylation is 2. The zero-order valence-electron chi connectivity index (χ0n) is 6.92. The van der Waals surface area contributed by atoms with E-state index in [-0.39, 0.29) is 5.95 Å². The smallest absolute Gasteiger partial charge is 0.222 e. The van der Waals surface area contributed by atoms with Crippen LogP contribution in [0.4, 0.5) is 5.95 Å². The van der Waals surface area contributed by atoms with Crippen molar-refractivity contribution in [3.63, 3.8) is 0 Å². The Bertz CT molecular complexity index is 431. The number of fused-ring (bicyclic) bond motifs is 1. The van der Waals surface area contributed by atoms with Gasteiger partial charge in [-0.05, 0) is 13.8 Å². The molecule has 0 aliphatic carbocycles. The van der Waals surface area contributed by atoms with Crippen LogP contribution in [0.25, 0.3) is 11.2 Å². The van der Waals surface area contributed by atoms with Gasteiger partial charge in [0, 0.05) is 0 Å². The maximum Gasteiger partial charge on any atom is 0.222 e. The molecular weight excluding hydrogens is 154 g/mol. The van der Waals surface area contributed by atoms with Gasteiger partial charge in [0.2, 0.25) is 5.95 Å². The fourth-order valence-corrected chi connectivity index (χ4v) is 1.17. The van der Waals surface area contributed by atoms with Crippen molar-refractivity contribution in [2.24, 2.45) is 0 Å². The van der Waals surface area contributed by atoms with Crippen LogP contribution >= 0.6 is 0 Å². The van der Waals surface area contributed by atoms with Crippen molar-refractivity contribution in [3.8, 4) is 0 Å². The van der Waals surface area contributed by atoms with Crippen molar-refractivity contribution >= 4 is 17.1 Å². The number of aromatic nitrogens is 4. The third-order valence-electron chi connectivity index (χ3n) is 1.67. The van der Waals surface area contributed by atoms with Gasteiger partial charge < -0.3 is 10.7 Å². The molecule has 2 aromatic heterocycles. The summed E-state index contributed by atoms with van der Waals surface area (Å²) in [6.45, 7) is 3.75. The summed E-state index contributed by atoms with van der Waals surface area (Å²) in [5.74, 6) is 1.10. The van der Waals surface area contributed by atoms with Crippen LogP contribution in [-0.4, -0.2) is 19.9 Å². The molecule has 2 rings (SSSR count). The molecule has 5 heteroatoms. The number of hydrogen-bond acceptors (Lipinski definition) is 4. The largest absolute Gasteiger partial charge is 0.368 e. The number of anilines is 1. The Balaban J connectivity index is 2.88. The first-order chi connectivity index (χ1) is 5.66. The van der Waals surface area contributed by atoms with E-state index in [1.54, 1.807) is 0 Å². The van der Waals surface area contributed by atoms with E-state index >= 15 is 0 Å².